The molecule has 1 unspecified atom stereocenters. The van der Waals surface area contributed by atoms with Crippen LogP contribution in [-0.4, -0.2) is 35.7 Å². The molecule has 0 fully saturated rings. The van der Waals surface area contributed by atoms with Crippen molar-refractivity contribution < 1.29 is 38.1 Å². The summed E-state index contributed by atoms with van der Waals surface area (Å²) in [5.41, 5.74) is 1.45. The molecule has 0 heterocycles. The van der Waals surface area contributed by atoms with Crippen LogP contribution in [0, 0.1) is 0 Å². The second kappa shape index (κ2) is 9.78. The quantitative estimate of drug-likeness (QED) is 0.277. The molecule has 0 aliphatic heterocycles. The van der Waals surface area contributed by atoms with Crippen molar-refractivity contribution in [1.82, 2.24) is 0 Å². The number of phenols is 1. The van der Waals surface area contributed by atoms with Crippen LogP contribution in [-0.2, 0) is 21.4 Å². The Morgan fingerprint density at radius 3 is 2.11 bits per heavy atom. The third-order valence-corrected chi connectivity index (χ3v) is 6.54. The van der Waals surface area contributed by atoms with Gasteiger partial charge in [0.25, 0.3) is 0 Å². The largest absolute Gasteiger partial charge is 0.508 e. The van der Waals surface area contributed by atoms with Gasteiger partial charge in [0.15, 0.2) is 0 Å². The normalized spacial score (nSPS) is 12.3. The van der Waals surface area contributed by atoms with Crippen molar-refractivity contribution >= 4 is 32.7 Å². The molecule has 10 heteroatoms. The molecule has 4 rings (SSSR count). The Kier molecular flexibility index (Phi) is 6.75. The van der Waals surface area contributed by atoms with Crippen LogP contribution in [0.25, 0.3) is 10.8 Å². The first-order valence-corrected chi connectivity index (χ1v) is 12.1. The minimum atomic E-state index is -3.82. The summed E-state index contributed by atoms with van der Waals surface area (Å²) in [7, 11) is -3.82. The smallest absolute Gasteiger partial charge is 0.338 e. The van der Waals surface area contributed by atoms with E-state index in [-0.39, 0.29) is 33.9 Å². The molecule has 4 aromatic rings. The molecule has 0 amide bonds. The van der Waals surface area contributed by atoms with E-state index < -0.39 is 28.1 Å². The Morgan fingerprint density at radius 1 is 0.861 bits per heavy atom. The van der Waals surface area contributed by atoms with Crippen molar-refractivity contribution in [1.29, 1.82) is 0 Å². The number of hydrogen-bond donors (Lipinski definition) is 4. The van der Waals surface area contributed by atoms with Gasteiger partial charge in [-0.05, 0) is 70.4 Å². The number of carbonyl (C=O) groups excluding carboxylic acids is 1. The standard InChI is InChI=1S/C26H21NO8S/c27-36(33,34)21-9-1-15(2-10-21)14-35-26(32)19-8-7-18-13-23(28)22(12-20(18)11-19)24(29)16-3-5-17(6-4-16)25(30)31/h1-13,24,28-29H,14H2,(H,30,31)(H2,27,33,34). The van der Waals surface area contributed by atoms with Gasteiger partial charge in [0.1, 0.15) is 18.5 Å². The van der Waals surface area contributed by atoms with Crippen LogP contribution in [0.1, 0.15) is 43.5 Å². The van der Waals surface area contributed by atoms with Crippen LogP contribution in [0.4, 0.5) is 0 Å². The molecular formula is C26H21NO8S. The van der Waals surface area contributed by atoms with E-state index in [4.69, 9.17) is 15.0 Å². The van der Waals surface area contributed by atoms with E-state index in [1.54, 1.807) is 18.2 Å². The monoisotopic (exact) mass is 507 g/mol. The molecule has 0 aliphatic carbocycles. The van der Waals surface area contributed by atoms with Gasteiger partial charge in [-0.25, -0.2) is 23.1 Å². The number of sulfonamides is 1. The van der Waals surface area contributed by atoms with Gasteiger partial charge in [-0.3, -0.25) is 0 Å². The second-order valence-electron chi connectivity index (χ2n) is 8.07. The zero-order chi connectivity index (χ0) is 26.0. The maximum Gasteiger partial charge on any atom is 0.338 e. The SMILES string of the molecule is NS(=O)(=O)c1ccc(COC(=O)c2ccc3cc(O)c(C(O)c4ccc(C(=O)O)cc4)cc3c2)cc1. The van der Waals surface area contributed by atoms with Crippen LogP contribution in [0.15, 0.2) is 83.8 Å². The summed E-state index contributed by atoms with van der Waals surface area (Å²) < 4.78 is 28.0. The number of fused-ring (bicyclic) bond motifs is 1. The number of benzene rings is 4. The highest BCUT2D eigenvalue weighted by Gasteiger charge is 2.18. The van der Waals surface area contributed by atoms with Gasteiger partial charge >= 0.3 is 11.9 Å². The molecule has 184 valence electrons. The van der Waals surface area contributed by atoms with Gasteiger partial charge in [-0.15, -0.1) is 0 Å². The number of aromatic hydroxyl groups is 1. The number of hydrogen-bond acceptors (Lipinski definition) is 7. The van der Waals surface area contributed by atoms with E-state index in [0.29, 0.717) is 21.9 Å². The Hall–Kier alpha value is -4.25. The number of esters is 1. The van der Waals surface area contributed by atoms with Gasteiger partial charge in [-0.1, -0.05) is 30.3 Å². The molecule has 4 aromatic carbocycles. The molecule has 0 aliphatic rings. The number of aliphatic hydroxyl groups excluding tert-OH is 1. The van der Waals surface area contributed by atoms with Crippen molar-refractivity contribution in [3.05, 3.63) is 107 Å². The highest BCUT2D eigenvalue weighted by Crippen LogP contribution is 2.33. The summed E-state index contributed by atoms with van der Waals surface area (Å²) in [5.74, 6) is -1.87. The number of carboxylic acids is 1. The van der Waals surface area contributed by atoms with Gasteiger partial charge < -0.3 is 20.1 Å². The summed E-state index contributed by atoms with van der Waals surface area (Å²) in [4.78, 5) is 23.6. The minimum Gasteiger partial charge on any atom is -0.508 e. The van der Waals surface area contributed by atoms with Crippen LogP contribution >= 0.6 is 0 Å². The van der Waals surface area contributed by atoms with Crippen molar-refractivity contribution in [2.24, 2.45) is 5.14 Å². The minimum absolute atomic E-state index is 0.0498. The van der Waals surface area contributed by atoms with Crippen molar-refractivity contribution in [3.63, 3.8) is 0 Å². The number of ether oxygens (including phenoxy) is 1. The summed E-state index contributed by atoms with van der Waals surface area (Å²) >= 11 is 0. The summed E-state index contributed by atoms with van der Waals surface area (Å²) in [6.45, 7) is -0.0896. The first-order valence-electron chi connectivity index (χ1n) is 10.6. The molecule has 0 radical (unpaired) electrons. The fourth-order valence-electron chi connectivity index (χ4n) is 3.64. The number of carboxylic acid groups (broad SMARTS) is 1. The lowest BCUT2D eigenvalue weighted by Gasteiger charge is -2.15. The Bertz CT molecular complexity index is 1560. The van der Waals surface area contributed by atoms with Gasteiger partial charge in [0.2, 0.25) is 10.0 Å². The van der Waals surface area contributed by atoms with Gasteiger partial charge in [0.05, 0.1) is 16.0 Å². The zero-order valence-electron chi connectivity index (χ0n) is 18.7. The molecular weight excluding hydrogens is 486 g/mol. The predicted octanol–water partition coefficient (Wildman–Crippen LogP) is 3.33. The number of rotatable bonds is 7. The van der Waals surface area contributed by atoms with Crippen LogP contribution in [0.5, 0.6) is 5.75 Å². The summed E-state index contributed by atoms with van der Waals surface area (Å²) in [6.07, 6.45) is -1.23. The maximum absolute atomic E-state index is 12.6. The molecule has 0 saturated heterocycles. The number of carbonyl (C=O) groups is 2. The fourth-order valence-corrected chi connectivity index (χ4v) is 4.16. The third kappa shape index (κ3) is 5.36. The molecule has 0 spiro atoms. The highest BCUT2D eigenvalue weighted by molar-refractivity contribution is 7.89. The Labute approximate surface area is 206 Å². The summed E-state index contributed by atoms with van der Waals surface area (Å²) in [5, 5.41) is 36.5. The van der Waals surface area contributed by atoms with Gasteiger partial charge in [0, 0.05) is 5.56 Å². The van der Waals surface area contributed by atoms with Crippen molar-refractivity contribution in [2.75, 3.05) is 0 Å². The van der Waals surface area contributed by atoms with Gasteiger partial charge in [-0.2, -0.15) is 0 Å². The number of aromatic carboxylic acids is 1. The van der Waals surface area contributed by atoms with E-state index in [1.165, 1.54) is 60.7 Å². The topological polar surface area (TPSA) is 164 Å². The number of aliphatic hydroxyl groups is 1. The molecule has 9 nitrogen and oxygen atoms in total. The number of nitrogens with two attached hydrogens (primary N) is 1. The first-order chi connectivity index (χ1) is 17.0. The Morgan fingerprint density at radius 2 is 1.50 bits per heavy atom. The lowest BCUT2D eigenvalue weighted by atomic mass is 9.96. The molecule has 5 N–H and O–H groups in total. The lowest BCUT2D eigenvalue weighted by molar-refractivity contribution is 0.0472. The van der Waals surface area contributed by atoms with Crippen LogP contribution in [0.2, 0.25) is 0 Å². The fraction of sp³-hybridized carbons (Fsp3) is 0.0769. The number of primary sulfonamides is 1. The molecule has 0 saturated carbocycles. The average molecular weight is 508 g/mol. The van der Waals surface area contributed by atoms with E-state index >= 15 is 0 Å². The zero-order valence-corrected chi connectivity index (χ0v) is 19.5. The van der Waals surface area contributed by atoms with Crippen LogP contribution < -0.4 is 5.14 Å². The predicted molar refractivity (Wildman–Crippen MR) is 130 cm³/mol. The number of phenolic OH excluding ortho intramolecular Hbond substituents is 1. The molecule has 1 atom stereocenters. The average Bonchev–Trinajstić information content (AvgIpc) is 2.86. The molecule has 36 heavy (non-hydrogen) atoms. The van der Waals surface area contributed by atoms with E-state index in [9.17, 15) is 28.2 Å². The third-order valence-electron chi connectivity index (χ3n) is 5.61. The molecule has 0 aromatic heterocycles. The Balaban J connectivity index is 1.54. The lowest BCUT2D eigenvalue weighted by Crippen LogP contribution is -2.12. The van der Waals surface area contributed by atoms with E-state index in [1.807, 2.05) is 0 Å². The van der Waals surface area contributed by atoms with Crippen molar-refractivity contribution in [3.8, 4) is 5.75 Å². The maximum atomic E-state index is 12.6. The molecule has 0 bridgehead atoms. The summed E-state index contributed by atoms with van der Waals surface area (Å²) in [6, 6.07) is 19.0. The first kappa shape index (κ1) is 24.9. The second-order valence-corrected chi connectivity index (χ2v) is 9.63. The van der Waals surface area contributed by atoms with Crippen LogP contribution in [0.3, 0.4) is 0 Å². The van der Waals surface area contributed by atoms with Crippen molar-refractivity contribution in [2.45, 2.75) is 17.6 Å². The highest BCUT2D eigenvalue weighted by atomic mass is 32.2. The van der Waals surface area contributed by atoms with E-state index in [0.717, 1.165) is 0 Å². The van der Waals surface area contributed by atoms with E-state index in [2.05, 4.69) is 0 Å².